The Morgan fingerprint density at radius 3 is 2.74 bits per heavy atom. The van der Waals surface area contributed by atoms with Gasteiger partial charge in [0.25, 0.3) is 6.43 Å². The Hall–Kier alpha value is -2.70. The summed E-state index contributed by atoms with van der Waals surface area (Å²) in [4.78, 5) is 10.9. The Labute approximate surface area is 156 Å². The highest BCUT2D eigenvalue weighted by atomic mass is 19.3. The first-order valence-corrected chi connectivity index (χ1v) is 9.17. The van der Waals surface area contributed by atoms with E-state index in [0.29, 0.717) is 0 Å². The first-order chi connectivity index (χ1) is 13.1. The number of nitrogens with zero attached hydrogens (tertiary/aromatic N) is 4. The van der Waals surface area contributed by atoms with Gasteiger partial charge >= 0.3 is 0 Å². The Morgan fingerprint density at radius 1 is 1.19 bits per heavy atom. The number of hydrogen-bond donors (Lipinski definition) is 0. The third-order valence-corrected chi connectivity index (χ3v) is 4.93. The summed E-state index contributed by atoms with van der Waals surface area (Å²) in [5, 5.41) is 0.881. The fourth-order valence-electron chi connectivity index (χ4n) is 3.61. The van der Waals surface area contributed by atoms with Gasteiger partial charge in [-0.05, 0) is 31.2 Å². The molecule has 0 amide bonds. The number of rotatable bonds is 5. The van der Waals surface area contributed by atoms with E-state index in [9.17, 15) is 8.78 Å². The average molecular weight is 372 g/mol. The van der Waals surface area contributed by atoms with Crippen molar-refractivity contribution in [2.75, 3.05) is 18.0 Å². The molecule has 1 saturated heterocycles. The van der Waals surface area contributed by atoms with Crippen molar-refractivity contribution in [1.82, 2.24) is 14.5 Å². The zero-order valence-corrected chi connectivity index (χ0v) is 15.2. The largest absolute Gasteiger partial charge is 0.490 e. The zero-order chi connectivity index (χ0) is 18.8. The van der Waals surface area contributed by atoms with E-state index in [1.165, 1.54) is 0 Å². The van der Waals surface area contributed by atoms with Gasteiger partial charge in [0.15, 0.2) is 0 Å². The molecule has 3 heterocycles. The van der Waals surface area contributed by atoms with Gasteiger partial charge in [0.2, 0.25) is 0 Å². The lowest BCUT2D eigenvalue weighted by Gasteiger charge is -2.33. The summed E-state index contributed by atoms with van der Waals surface area (Å²) >= 11 is 0. The van der Waals surface area contributed by atoms with Crippen molar-refractivity contribution in [2.45, 2.75) is 38.8 Å². The normalized spacial score (nSPS) is 15.6. The van der Waals surface area contributed by atoms with Gasteiger partial charge in [0.05, 0.1) is 12.1 Å². The van der Waals surface area contributed by atoms with E-state index in [2.05, 4.69) is 14.9 Å². The number of fused-ring (bicyclic) bond motifs is 1. The Kier molecular flexibility index (Phi) is 4.92. The molecule has 27 heavy (non-hydrogen) atoms. The van der Waals surface area contributed by atoms with Crippen LogP contribution >= 0.6 is 0 Å². The van der Waals surface area contributed by atoms with Crippen molar-refractivity contribution < 1.29 is 13.5 Å². The summed E-state index contributed by atoms with van der Waals surface area (Å²) in [6, 6.07) is 9.41. The number of aromatic nitrogens is 3. The van der Waals surface area contributed by atoms with Gasteiger partial charge in [-0.15, -0.1) is 0 Å². The lowest BCUT2D eigenvalue weighted by molar-refractivity contribution is 0.128. The van der Waals surface area contributed by atoms with Gasteiger partial charge in [-0.3, -0.25) is 0 Å². The minimum atomic E-state index is -2.38. The third kappa shape index (κ3) is 3.86. The first kappa shape index (κ1) is 17.7. The predicted octanol–water partition coefficient (Wildman–Crippen LogP) is 4.05. The van der Waals surface area contributed by atoms with E-state index in [1.54, 1.807) is 17.0 Å². The number of ether oxygens (including phenoxy) is 1. The summed E-state index contributed by atoms with van der Waals surface area (Å²) in [6.07, 6.45) is 2.98. The molecular weight excluding hydrogens is 350 g/mol. The van der Waals surface area contributed by atoms with Gasteiger partial charge in [0, 0.05) is 43.7 Å². The number of aryl methyl sites for hydroxylation is 1. The van der Waals surface area contributed by atoms with Crippen LogP contribution < -0.4 is 9.64 Å². The first-order valence-electron chi connectivity index (χ1n) is 9.17. The predicted molar refractivity (Wildman–Crippen MR) is 101 cm³/mol. The van der Waals surface area contributed by atoms with E-state index in [1.807, 2.05) is 37.3 Å². The van der Waals surface area contributed by atoms with Crippen LogP contribution in [0.25, 0.3) is 10.9 Å². The summed E-state index contributed by atoms with van der Waals surface area (Å²) < 4.78 is 33.3. The maximum atomic E-state index is 12.7. The number of halogens is 2. The van der Waals surface area contributed by atoms with E-state index in [0.717, 1.165) is 54.2 Å². The van der Waals surface area contributed by atoms with Crippen LogP contribution in [0, 0.1) is 6.92 Å². The van der Waals surface area contributed by atoms with E-state index in [4.69, 9.17) is 4.74 Å². The molecule has 0 N–H and O–H groups in total. The Bertz CT molecular complexity index is 919. The quantitative estimate of drug-likeness (QED) is 0.678. The molecular formula is C20H22F2N4O. The average Bonchev–Trinajstić information content (AvgIpc) is 3.06. The van der Waals surface area contributed by atoms with Crippen LogP contribution in [0.2, 0.25) is 0 Å². The van der Waals surface area contributed by atoms with E-state index >= 15 is 0 Å². The number of piperidine rings is 1. The highest BCUT2D eigenvalue weighted by Crippen LogP contribution is 2.30. The molecule has 0 saturated carbocycles. The molecule has 0 bridgehead atoms. The summed E-state index contributed by atoms with van der Waals surface area (Å²) in [5.41, 5.74) is 0.779. The number of hydrogen-bond acceptors (Lipinski definition) is 4. The van der Waals surface area contributed by atoms with Crippen LogP contribution in [-0.4, -0.2) is 40.2 Å². The summed E-state index contributed by atoms with van der Waals surface area (Å²) in [7, 11) is 0. The van der Waals surface area contributed by atoms with Crippen LogP contribution in [0.1, 0.15) is 18.7 Å². The molecule has 0 aliphatic carbocycles. The topological polar surface area (TPSA) is 43.2 Å². The van der Waals surface area contributed by atoms with Crippen LogP contribution in [0.3, 0.4) is 0 Å². The van der Waals surface area contributed by atoms with Crippen molar-refractivity contribution in [3.63, 3.8) is 0 Å². The summed E-state index contributed by atoms with van der Waals surface area (Å²) in [5.74, 6) is 2.48. The molecule has 1 aliphatic rings. The van der Waals surface area contributed by atoms with Gasteiger partial charge in [-0.2, -0.15) is 0 Å². The van der Waals surface area contributed by atoms with Crippen LogP contribution in [0.15, 0.2) is 42.7 Å². The zero-order valence-electron chi connectivity index (χ0n) is 15.2. The number of benzene rings is 1. The van der Waals surface area contributed by atoms with Crippen molar-refractivity contribution >= 4 is 16.7 Å². The second-order valence-corrected chi connectivity index (χ2v) is 6.81. The molecule has 1 aromatic carbocycles. The van der Waals surface area contributed by atoms with E-state index in [-0.39, 0.29) is 12.6 Å². The van der Waals surface area contributed by atoms with Crippen molar-refractivity contribution in [3.05, 3.63) is 48.5 Å². The molecule has 0 radical (unpaired) electrons. The smallest absolute Gasteiger partial charge is 0.256 e. The SMILES string of the molecule is Cc1nccc(N2CCC(Oc3cccc4c3ccn4CC(F)F)CC2)n1. The van der Waals surface area contributed by atoms with Gasteiger partial charge in [0.1, 0.15) is 23.5 Å². The standard InChI is InChI=1S/C20H22F2N4O/c1-14-23-9-5-20(24-14)25-10-6-15(7-11-25)27-18-4-2-3-17-16(18)8-12-26(17)13-19(21)22/h2-5,8-9,12,15,19H,6-7,10-11,13H2,1H3. The van der Waals surface area contributed by atoms with Gasteiger partial charge in [-0.25, -0.2) is 18.7 Å². The fourth-order valence-corrected chi connectivity index (χ4v) is 3.61. The maximum Gasteiger partial charge on any atom is 0.256 e. The highest BCUT2D eigenvalue weighted by Gasteiger charge is 2.22. The van der Waals surface area contributed by atoms with Crippen LogP contribution in [0.4, 0.5) is 14.6 Å². The molecule has 2 aromatic heterocycles. The molecule has 7 heteroatoms. The molecule has 142 valence electrons. The molecule has 3 aromatic rings. The van der Waals surface area contributed by atoms with Crippen LogP contribution in [0.5, 0.6) is 5.75 Å². The minimum Gasteiger partial charge on any atom is -0.490 e. The molecule has 1 aliphatic heterocycles. The summed E-state index contributed by atoms with van der Waals surface area (Å²) in [6.45, 7) is 3.32. The number of alkyl halides is 2. The lowest BCUT2D eigenvalue weighted by atomic mass is 10.1. The molecule has 0 atom stereocenters. The third-order valence-electron chi connectivity index (χ3n) is 4.93. The lowest BCUT2D eigenvalue weighted by Crippen LogP contribution is -2.38. The second kappa shape index (κ2) is 7.50. The fraction of sp³-hybridized carbons (Fsp3) is 0.400. The van der Waals surface area contributed by atoms with Crippen molar-refractivity contribution in [2.24, 2.45) is 0 Å². The Balaban J connectivity index is 1.44. The molecule has 5 nitrogen and oxygen atoms in total. The monoisotopic (exact) mass is 372 g/mol. The highest BCUT2D eigenvalue weighted by molar-refractivity contribution is 5.86. The molecule has 1 fully saturated rings. The number of anilines is 1. The molecule has 0 unspecified atom stereocenters. The Morgan fingerprint density at radius 2 is 2.00 bits per heavy atom. The minimum absolute atomic E-state index is 0.105. The van der Waals surface area contributed by atoms with Crippen molar-refractivity contribution in [1.29, 1.82) is 0 Å². The maximum absolute atomic E-state index is 12.7. The van der Waals surface area contributed by atoms with Gasteiger partial charge in [-0.1, -0.05) is 6.07 Å². The molecule has 0 spiro atoms. The molecule has 4 rings (SSSR count). The second-order valence-electron chi connectivity index (χ2n) is 6.81. The van der Waals surface area contributed by atoms with E-state index < -0.39 is 6.43 Å². The van der Waals surface area contributed by atoms with Crippen molar-refractivity contribution in [3.8, 4) is 5.75 Å². The van der Waals surface area contributed by atoms with Gasteiger partial charge < -0.3 is 14.2 Å². The van der Waals surface area contributed by atoms with Crippen LogP contribution in [-0.2, 0) is 6.54 Å².